The van der Waals surface area contributed by atoms with Gasteiger partial charge in [-0.1, -0.05) is 13.3 Å². The lowest BCUT2D eigenvalue weighted by molar-refractivity contribution is -0.947. The molecule has 0 aromatic rings. The van der Waals surface area contributed by atoms with Crippen molar-refractivity contribution < 1.29 is 14.0 Å². The van der Waals surface area contributed by atoms with E-state index in [0.717, 1.165) is 18.9 Å². The van der Waals surface area contributed by atoms with Gasteiger partial charge < -0.3 is 9.22 Å². The Bertz CT molecular complexity index is 301. The molecule has 0 spiro atoms. The summed E-state index contributed by atoms with van der Waals surface area (Å²) in [5.74, 6) is 0.613. The zero-order valence-electron chi connectivity index (χ0n) is 12.7. The molecule has 2 aliphatic rings. The highest BCUT2D eigenvalue weighted by Crippen LogP contribution is 2.36. The minimum atomic E-state index is 0.0115. The van der Waals surface area contributed by atoms with Gasteiger partial charge in [-0.25, -0.2) is 0 Å². The molecule has 1 unspecified atom stereocenters. The number of ether oxygens (including phenoxy) is 1. The Kier molecular flexibility index (Phi) is 5.26. The van der Waals surface area contributed by atoms with Gasteiger partial charge in [-0.05, 0) is 32.1 Å². The van der Waals surface area contributed by atoms with Gasteiger partial charge in [0.1, 0.15) is 0 Å². The van der Waals surface area contributed by atoms with Gasteiger partial charge in [0.15, 0.2) is 0 Å². The number of nitrogens with zero attached hydrogens (tertiary/aromatic N) is 1. The Morgan fingerprint density at radius 3 is 2.79 bits per heavy atom. The third-order valence-corrected chi connectivity index (χ3v) is 5.20. The molecule has 0 radical (unpaired) electrons. The third-order valence-electron chi connectivity index (χ3n) is 5.20. The third kappa shape index (κ3) is 3.71. The lowest BCUT2D eigenvalue weighted by Crippen LogP contribution is -2.61. The molecule has 0 aromatic heterocycles. The highest BCUT2D eigenvalue weighted by Gasteiger charge is 2.43. The van der Waals surface area contributed by atoms with Crippen LogP contribution in [-0.2, 0) is 9.53 Å². The van der Waals surface area contributed by atoms with Crippen molar-refractivity contribution in [2.45, 2.75) is 64.3 Å². The molecule has 2 heterocycles. The number of hydrogen-bond donors (Lipinski definition) is 0. The first-order valence-electron chi connectivity index (χ1n) is 8.15. The molecule has 0 amide bonds. The predicted molar refractivity (Wildman–Crippen MR) is 76.8 cm³/mol. The molecule has 3 nitrogen and oxygen atoms in total. The fourth-order valence-electron chi connectivity index (χ4n) is 4.02. The second-order valence-electron chi connectivity index (χ2n) is 6.68. The molecule has 2 aliphatic heterocycles. The molecule has 3 atom stereocenters. The number of rotatable bonds is 5. The van der Waals surface area contributed by atoms with E-state index in [1.165, 1.54) is 49.7 Å². The molecule has 0 N–H and O–H groups in total. The summed E-state index contributed by atoms with van der Waals surface area (Å²) in [6.45, 7) is 5.43. The van der Waals surface area contributed by atoms with Gasteiger partial charge in [0, 0.05) is 18.8 Å². The maximum Gasteiger partial charge on any atom is 0.305 e. The number of carbonyl (C=O) groups excluding carboxylic acids is 1. The van der Waals surface area contributed by atoms with Crippen molar-refractivity contribution in [2.24, 2.45) is 5.92 Å². The molecule has 2 saturated heterocycles. The topological polar surface area (TPSA) is 26.3 Å². The van der Waals surface area contributed by atoms with Crippen molar-refractivity contribution in [2.75, 3.05) is 26.7 Å². The molecule has 2 rings (SSSR count). The van der Waals surface area contributed by atoms with Crippen molar-refractivity contribution >= 4 is 5.97 Å². The average molecular weight is 268 g/mol. The van der Waals surface area contributed by atoms with Gasteiger partial charge >= 0.3 is 5.97 Å². The van der Waals surface area contributed by atoms with Gasteiger partial charge in [-0.15, -0.1) is 0 Å². The van der Waals surface area contributed by atoms with Gasteiger partial charge in [-0.2, -0.15) is 0 Å². The fourth-order valence-corrected chi connectivity index (χ4v) is 4.02. The van der Waals surface area contributed by atoms with Crippen molar-refractivity contribution in [3.05, 3.63) is 0 Å². The Morgan fingerprint density at radius 1 is 1.21 bits per heavy atom. The van der Waals surface area contributed by atoms with E-state index in [1.54, 1.807) is 0 Å². The van der Waals surface area contributed by atoms with E-state index >= 15 is 0 Å². The summed E-state index contributed by atoms with van der Waals surface area (Å²) >= 11 is 0. The first kappa shape index (κ1) is 14.8. The average Bonchev–Trinajstić information content (AvgIpc) is 2.41. The number of fused-ring (bicyclic) bond motifs is 1. The van der Waals surface area contributed by atoms with E-state index in [-0.39, 0.29) is 5.97 Å². The number of esters is 1. The van der Waals surface area contributed by atoms with E-state index in [2.05, 4.69) is 14.0 Å². The summed E-state index contributed by atoms with van der Waals surface area (Å²) in [6.07, 6.45) is 9.23. The van der Waals surface area contributed by atoms with Crippen LogP contribution in [0.5, 0.6) is 0 Å². The molecule has 2 fully saturated rings. The van der Waals surface area contributed by atoms with Gasteiger partial charge in [-0.3, -0.25) is 4.79 Å². The summed E-state index contributed by atoms with van der Waals surface area (Å²) < 4.78 is 6.76. The Labute approximate surface area is 117 Å². The predicted octanol–water partition coefficient (Wildman–Crippen LogP) is 3.13. The summed E-state index contributed by atoms with van der Waals surface area (Å²) in [5.41, 5.74) is 0. The molecular weight excluding hydrogens is 238 g/mol. The minimum absolute atomic E-state index is 0.0115. The van der Waals surface area contributed by atoms with Crippen molar-refractivity contribution in [3.63, 3.8) is 0 Å². The maximum absolute atomic E-state index is 11.7. The Morgan fingerprint density at radius 2 is 2.00 bits per heavy atom. The van der Waals surface area contributed by atoms with Crippen LogP contribution in [0.1, 0.15) is 58.3 Å². The van der Waals surface area contributed by atoms with Crippen LogP contribution in [0.4, 0.5) is 0 Å². The van der Waals surface area contributed by atoms with Crippen LogP contribution in [-0.4, -0.2) is 43.2 Å². The summed E-state index contributed by atoms with van der Waals surface area (Å²) in [5, 5.41) is 0. The van der Waals surface area contributed by atoms with Crippen molar-refractivity contribution in [1.82, 2.24) is 0 Å². The van der Waals surface area contributed by atoms with Crippen LogP contribution in [0.2, 0.25) is 0 Å². The molecule has 110 valence electrons. The molecule has 19 heavy (non-hydrogen) atoms. The number of quaternary nitrogens is 1. The van der Waals surface area contributed by atoms with Crippen LogP contribution < -0.4 is 0 Å². The van der Waals surface area contributed by atoms with E-state index < -0.39 is 0 Å². The quantitative estimate of drug-likeness (QED) is 0.565. The van der Waals surface area contributed by atoms with Crippen LogP contribution in [0.15, 0.2) is 0 Å². The van der Waals surface area contributed by atoms with E-state index in [1.807, 2.05) is 0 Å². The zero-order chi connectivity index (χ0) is 13.7. The van der Waals surface area contributed by atoms with E-state index in [4.69, 9.17) is 4.74 Å². The second-order valence-corrected chi connectivity index (χ2v) is 6.68. The SMILES string of the molecule is CCCCC(=O)OC[C@H]1CCC[N+]2(C)CCCC[C@H]12. The zero-order valence-corrected chi connectivity index (χ0v) is 12.7. The highest BCUT2D eigenvalue weighted by atomic mass is 16.5. The van der Waals surface area contributed by atoms with Gasteiger partial charge in [0.05, 0.1) is 32.8 Å². The molecule has 0 bridgehead atoms. The smallest absolute Gasteiger partial charge is 0.305 e. The Balaban J connectivity index is 1.83. The van der Waals surface area contributed by atoms with Crippen LogP contribution in [0, 0.1) is 5.92 Å². The van der Waals surface area contributed by atoms with Crippen LogP contribution in [0.25, 0.3) is 0 Å². The lowest BCUT2D eigenvalue weighted by atomic mass is 9.82. The van der Waals surface area contributed by atoms with Crippen LogP contribution >= 0.6 is 0 Å². The molecular formula is C16H30NO2+. The molecule has 0 aromatic carbocycles. The standard InChI is InChI=1S/C16H30NO2/c1-3-4-10-16(18)19-13-14-8-7-12-17(2)11-6-5-9-15(14)17/h14-15H,3-13H2,1-2H3/q+1/t14-,15-,17?/m1/s1. The van der Waals surface area contributed by atoms with E-state index in [0.29, 0.717) is 18.9 Å². The minimum Gasteiger partial charge on any atom is -0.465 e. The van der Waals surface area contributed by atoms with Crippen LogP contribution in [0.3, 0.4) is 0 Å². The Hall–Kier alpha value is -0.570. The van der Waals surface area contributed by atoms with Gasteiger partial charge in [0.25, 0.3) is 0 Å². The molecule has 0 saturated carbocycles. The van der Waals surface area contributed by atoms with Gasteiger partial charge in [0.2, 0.25) is 0 Å². The summed E-state index contributed by atoms with van der Waals surface area (Å²) in [7, 11) is 2.41. The largest absolute Gasteiger partial charge is 0.465 e. The monoisotopic (exact) mass is 268 g/mol. The van der Waals surface area contributed by atoms with Crippen molar-refractivity contribution in [3.8, 4) is 0 Å². The summed E-state index contributed by atoms with van der Waals surface area (Å²) in [6, 6.07) is 0.737. The fraction of sp³-hybridized carbons (Fsp3) is 0.938. The number of piperidine rings is 2. The summed E-state index contributed by atoms with van der Waals surface area (Å²) in [4.78, 5) is 11.7. The maximum atomic E-state index is 11.7. The number of hydrogen-bond acceptors (Lipinski definition) is 2. The number of carbonyl (C=O) groups is 1. The molecule has 0 aliphatic carbocycles. The second kappa shape index (κ2) is 6.74. The molecule has 3 heteroatoms. The van der Waals surface area contributed by atoms with E-state index in [9.17, 15) is 4.79 Å². The first-order chi connectivity index (χ1) is 9.15. The first-order valence-corrected chi connectivity index (χ1v) is 8.15. The normalized spacial score (nSPS) is 34.6. The number of unbranched alkanes of at least 4 members (excludes halogenated alkanes) is 1. The highest BCUT2D eigenvalue weighted by molar-refractivity contribution is 5.69. The lowest BCUT2D eigenvalue weighted by Gasteiger charge is -2.51. The van der Waals surface area contributed by atoms with Crippen molar-refractivity contribution in [1.29, 1.82) is 0 Å².